The maximum Gasteiger partial charge on any atom is 0.0997 e. The maximum atomic E-state index is 12.5. The molecule has 1 heteroatoms. The molecule has 0 saturated heterocycles. The summed E-state index contributed by atoms with van der Waals surface area (Å²) in [6, 6.07) is 6.07. The molecule has 1 aromatic rings. The van der Waals surface area contributed by atoms with Crippen molar-refractivity contribution >= 4 is 0 Å². The molecule has 0 bridgehead atoms. The Morgan fingerprint density at radius 3 is 2.62 bits per heavy atom. The number of halogens is 1. The van der Waals surface area contributed by atoms with Gasteiger partial charge in [-0.1, -0.05) is 32.0 Å². The fourth-order valence-electron chi connectivity index (χ4n) is 1.64. The fraction of sp³-hybridized carbons (Fsp3) is 0.417. The van der Waals surface area contributed by atoms with Gasteiger partial charge in [0.05, 0.1) is 6.67 Å². The lowest BCUT2D eigenvalue weighted by Crippen LogP contribution is -2.02. The molecule has 0 aromatic heterocycles. The summed E-state index contributed by atoms with van der Waals surface area (Å²) in [7, 11) is 0. The average molecular weight is 179 g/mol. The van der Waals surface area contributed by atoms with Crippen molar-refractivity contribution in [1.29, 1.82) is 0 Å². The first-order valence-corrected chi connectivity index (χ1v) is 4.68. The Balaban J connectivity index is 3.12. The molecule has 0 atom stereocenters. The normalized spacial score (nSPS) is 10.8. The summed E-state index contributed by atoms with van der Waals surface area (Å²) in [4.78, 5) is 0. The summed E-state index contributed by atoms with van der Waals surface area (Å²) >= 11 is 0. The van der Waals surface area contributed by atoms with Crippen LogP contribution in [0.4, 0.5) is 4.39 Å². The van der Waals surface area contributed by atoms with Gasteiger partial charge < -0.3 is 0 Å². The zero-order valence-electron chi connectivity index (χ0n) is 8.52. The van der Waals surface area contributed by atoms with Crippen molar-refractivity contribution in [2.24, 2.45) is 0 Å². The Bertz CT molecular complexity index is 278. The van der Waals surface area contributed by atoms with Crippen LogP contribution in [0.25, 0.3) is 0 Å². The number of benzene rings is 1. The Labute approximate surface area is 79.8 Å². The minimum Gasteiger partial charge on any atom is -0.250 e. The molecule has 13 heavy (non-hydrogen) atoms. The molecule has 0 saturated carbocycles. The summed E-state index contributed by atoms with van der Waals surface area (Å²) in [5.74, 6) is 0.834. The zero-order chi connectivity index (χ0) is 9.84. The third-order valence-electron chi connectivity index (χ3n) is 2.42. The molecule has 0 aliphatic carbocycles. The Morgan fingerprint density at radius 2 is 2.08 bits per heavy atom. The van der Waals surface area contributed by atoms with Gasteiger partial charge in [0.1, 0.15) is 0 Å². The van der Waals surface area contributed by atoms with Crippen LogP contribution >= 0.6 is 0 Å². The van der Waals surface area contributed by atoms with Gasteiger partial charge in [0, 0.05) is 5.92 Å². The van der Waals surface area contributed by atoms with Gasteiger partial charge in [-0.25, -0.2) is 0 Å². The lowest BCUT2D eigenvalue weighted by Gasteiger charge is -2.14. The monoisotopic (exact) mass is 179 g/mol. The molecule has 1 aromatic carbocycles. The Morgan fingerprint density at radius 1 is 1.38 bits per heavy atom. The van der Waals surface area contributed by atoms with E-state index >= 15 is 0 Å². The number of hydrogen-bond acceptors (Lipinski definition) is 0. The van der Waals surface area contributed by atoms with E-state index in [0.29, 0.717) is 0 Å². The van der Waals surface area contributed by atoms with E-state index in [-0.39, 0.29) is 6.67 Å². The molecule has 0 aliphatic rings. The molecule has 0 amide bonds. The van der Waals surface area contributed by atoms with Gasteiger partial charge in [-0.05, 0) is 30.0 Å². The van der Waals surface area contributed by atoms with Crippen LogP contribution in [0.1, 0.15) is 30.5 Å². The first-order chi connectivity index (χ1) is 6.20. The van der Waals surface area contributed by atoms with E-state index in [2.05, 4.69) is 19.9 Å². The lowest BCUT2D eigenvalue weighted by molar-refractivity contribution is 0.515. The second-order valence-corrected chi connectivity index (χ2v) is 3.37. The van der Waals surface area contributed by atoms with Gasteiger partial charge in [-0.15, -0.1) is 0 Å². The quantitative estimate of drug-likeness (QED) is 0.666. The second-order valence-electron chi connectivity index (χ2n) is 3.37. The number of rotatable bonds is 3. The van der Waals surface area contributed by atoms with E-state index in [1.807, 2.05) is 19.1 Å². The average Bonchev–Trinajstić information content (AvgIpc) is 2.16. The predicted molar refractivity (Wildman–Crippen MR) is 54.6 cm³/mol. The molecule has 0 unspecified atom stereocenters. The third kappa shape index (κ3) is 2.09. The maximum absolute atomic E-state index is 12.5. The van der Waals surface area contributed by atoms with Crippen molar-refractivity contribution in [3.63, 3.8) is 0 Å². The standard InChI is InChI=1S/C12H16F/c1-4-11-9(2)6-5-7-12(11)10(3)8-13/h5-7H,4,8H2,1-3H3. The Hall–Kier alpha value is -0.850. The van der Waals surface area contributed by atoms with E-state index < -0.39 is 0 Å². The minimum atomic E-state index is -0.351. The molecule has 0 spiro atoms. The molecule has 0 nitrogen and oxygen atoms in total. The smallest absolute Gasteiger partial charge is 0.0997 e. The van der Waals surface area contributed by atoms with Crippen LogP contribution in [0.15, 0.2) is 18.2 Å². The minimum absolute atomic E-state index is 0.351. The van der Waals surface area contributed by atoms with Crippen molar-refractivity contribution < 1.29 is 4.39 Å². The molecule has 71 valence electrons. The van der Waals surface area contributed by atoms with Gasteiger partial charge in [0.25, 0.3) is 0 Å². The SMILES string of the molecule is CCc1c(C)cccc1[C](C)CF. The van der Waals surface area contributed by atoms with Crippen molar-refractivity contribution in [2.45, 2.75) is 27.2 Å². The summed E-state index contributed by atoms with van der Waals surface area (Å²) in [6.45, 7) is 5.69. The fourth-order valence-corrected chi connectivity index (χ4v) is 1.64. The first-order valence-electron chi connectivity index (χ1n) is 4.68. The molecular weight excluding hydrogens is 163 g/mol. The highest BCUT2D eigenvalue weighted by atomic mass is 19.1. The molecule has 0 fully saturated rings. The van der Waals surface area contributed by atoms with Crippen molar-refractivity contribution in [3.05, 3.63) is 40.8 Å². The molecular formula is C12H16F. The number of aryl methyl sites for hydroxylation is 1. The molecule has 1 radical (unpaired) electrons. The van der Waals surface area contributed by atoms with Crippen LogP contribution in [0, 0.1) is 12.8 Å². The van der Waals surface area contributed by atoms with Gasteiger partial charge in [0.15, 0.2) is 0 Å². The van der Waals surface area contributed by atoms with E-state index in [0.717, 1.165) is 17.9 Å². The van der Waals surface area contributed by atoms with Crippen LogP contribution in [0.5, 0.6) is 0 Å². The largest absolute Gasteiger partial charge is 0.250 e. The molecule has 0 heterocycles. The Kier molecular flexibility index (Phi) is 3.47. The van der Waals surface area contributed by atoms with Crippen molar-refractivity contribution in [1.82, 2.24) is 0 Å². The summed E-state index contributed by atoms with van der Waals surface area (Å²) in [6.07, 6.45) is 0.972. The van der Waals surface area contributed by atoms with Crippen molar-refractivity contribution in [3.8, 4) is 0 Å². The van der Waals surface area contributed by atoms with Crippen LogP contribution < -0.4 is 0 Å². The number of hydrogen-bond donors (Lipinski definition) is 0. The van der Waals surface area contributed by atoms with Gasteiger partial charge in [-0.3, -0.25) is 4.39 Å². The molecule has 0 N–H and O–H groups in total. The lowest BCUT2D eigenvalue weighted by atomic mass is 9.92. The van der Waals surface area contributed by atoms with Crippen LogP contribution in [-0.2, 0) is 6.42 Å². The second kappa shape index (κ2) is 4.40. The van der Waals surface area contributed by atoms with Gasteiger partial charge >= 0.3 is 0 Å². The predicted octanol–water partition coefficient (Wildman–Crippen LogP) is 3.47. The van der Waals surface area contributed by atoms with E-state index in [1.165, 1.54) is 11.1 Å². The van der Waals surface area contributed by atoms with Gasteiger partial charge in [0.2, 0.25) is 0 Å². The highest BCUT2D eigenvalue weighted by Crippen LogP contribution is 2.22. The van der Waals surface area contributed by atoms with E-state index in [4.69, 9.17) is 0 Å². The van der Waals surface area contributed by atoms with Crippen LogP contribution in [-0.4, -0.2) is 6.67 Å². The third-order valence-corrected chi connectivity index (χ3v) is 2.42. The summed E-state index contributed by atoms with van der Waals surface area (Å²) in [5, 5.41) is 0. The van der Waals surface area contributed by atoms with Crippen molar-refractivity contribution in [2.75, 3.05) is 6.67 Å². The summed E-state index contributed by atoms with van der Waals surface area (Å²) < 4.78 is 12.5. The molecule has 0 aliphatic heterocycles. The zero-order valence-corrected chi connectivity index (χ0v) is 8.52. The first kappa shape index (κ1) is 10.2. The van der Waals surface area contributed by atoms with Gasteiger partial charge in [-0.2, -0.15) is 0 Å². The van der Waals surface area contributed by atoms with Crippen LogP contribution in [0.2, 0.25) is 0 Å². The number of alkyl halides is 1. The van der Waals surface area contributed by atoms with Crippen LogP contribution in [0.3, 0.4) is 0 Å². The molecule has 1 rings (SSSR count). The summed E-state index contributed by atoms with van der Waals surface area (Å²) in [5.41, 5.74) is 3.62. The topological polar surface area (TPSA) is 0 Å². The van der Waals surface area contributed by atoms with E-state index in [1.54, 1.807) is 0 Å². The highest BCUT2D eigenvalue weighted by molar-refractivity contribution is 5.42. The highest BCUT2D eigenvalue weighted by Gasteiger charge is 2.10. The van der Waals surface area contributed by atoms with E-state index in [9.17, 15) is 4.39 Å².